The number of piperidine rings is 4. The number of nitrogens with zero attached hydrogens (tertiary/aromatic N) is 2. The van der Waals surface area contributed by atoms with E-state index < -0.39 is 0 Å². The highest BCUT2D eigenvalue weighted by molar-refractivity contribution is 4.75. The standard InChI is InChI=1S/2C8H18N2.2C7H16N2O/c1-2-5-10-6-3-8(9)4-7-10;1-2-5-10-8-3-6-9-7-4-8;8-7-1-3-9(4-2-7)5-6-10;10-6-5-9-7-1-3-8-4-2-7/h8H,2-7,9H2,1H3;8-10H,2-7H2,1H3;7,10H,1-6,8H2;7-10H,1-6H2. The number of hydrogen-bond donors (Lipinski definition) is 8. The molecule has 40 heavy (non-hydrogen) atoms. The van der Waals surface area contributed by atoms with Crippen LogP contribution in [0.25, 0.3) is 0 Å². The number of aliphatic hydroxyl groups excluding tert-OH is 2. The Kier molecular flexibility index (Phi) is 24.7. The maximum atomic E-state index is 8.61. The van der Waals surface area contributed by atoms with Crippen molar-refractivity contribution in [1.29, 1.82) is 0 Å². The van der Waals surface area contributed by atoms with Crippen LogP contribution in [0.1, 0.15) is 78.1 Å². The van der Waals surface area contributed by atoms with E-state index in [4.69, 9.17) is 21.7 Å². The maximum absolute atomic E-state index is 8.61. The summed E-state index contributed by atoms with van der Waals surface area (Å²) in [4.78, 5) is 4.76. The molecule has 4 aliphatic rings. The van der Waals surface area contributed by atoms with Crippen molar-refractivity contribution >= 4 is 0 Å². The smallest absolute Gasteiger partial charge is 0.0558 e. The molecule has 0 saturated carbocycles. The van der Waals surface area contributed by atoms with E-state index in [9.17, 15) is 0 Å². The second kappa shape index (κ2) is 26.2. The third-order valence-electron chi connectivity index (χ3n) is 8.13. The van der Waals surface area contributed by atoms with Gasteiger partial charge in [0.1, 0.15) is 0 Å². The van der Waals surface area contributed by atoms with Crippen molar-refractivity contribution < 1.29 is 10.2 Å². The predicted molar refractivity (Wildman–Crippen MR) is 170 cm³/mol. The van der Waals surface area contributed by atoms with Gasteiger partial charge < -0.3 is 52.7 Å². The Morgan fingerprint density at radius 2 is 1.02 bits per heavy atom. The lowest BCUT2D eigenvalue weighted by Gasteiger charge is -2.29. The number of nitrogens with one attached hydrogen (secondary N) is 4. The quantitative estimate of drug-likeness (QED) is 0.184. The lowest BCUT2D eigenvalue weighted by atomic mass is 10.1. The average molecular weight is 573 g/mol. The number of aliphatic hydroxyl groups is 2. The molecule has 0 aromatic rings. The highest BCUT2D eigenvalue weighted by Gasteiger charge is 2.15. The summed E-state index contributed by atoms with van der Waals surface area (Å²) in [5.74, 6) is 0. The molecular weight excluding hydrogens is 504 g/mol. The first-order chi connectivity index (χ1) is 19.5. The van der Waals surface area contributed by atoms with E-state index in [1.54, 1.807) is 0 Å². The molecule has 0 aliphatic carbocycles. The molecule has 0 aromatic carbocycles. The topological polar surface area (TPSA) is 147 Å². The van der Waals surface area contributed by atoms with E-state index in [2.05, 4.69) is 44.9 Å². The molecule has 10 heteroatoms. The molecule has 0 bridgehead atoms. The van der Waals surface area contributed by atoms with Gasteiger partial charge in [0.05, 0.1) is 13.2 Å². The molecule has 0 amide bonds. The number of rotatable bonds is 10. The number of β-amino-alcohol motifs (C(OH)–C–C–N with tert-alkyl or cyclic N) is 1. The van der Waals surface area contributed by atoms with Crippen LogP contribution in [0.5, 0.6) is 0 Å². The van der Waals surface area contributed by atoms with E-state index >= 15 is 0 Å². The Labute approximate surface area is 246 Å². The normalized spacial score (nSPS) is 22.4. The van der Waals surface area contributed by atoms with Gasteiger partial charge in [-0.3, -0.25) is 0 Å². The van der Waals surface area contributed by atoms with Crippen molar-refractivity contribution in [3.05, 3.63) is 0 Å². The van der Waals surface area contributed by atoms with Crippen LogP contribution < -0.4 is 32.7 Å². The van der Waals surface area contributed by atoms with E-state index in [1.807, 2.05) is 0 Å². The van der Waals surface area contributed by atoms with Gasteiger partial charge in [-0.05, 0) is 130 Å². The minimum Gasteiger partial charge on any atom is -0.395 e. The van der Waals surface area contributed by atoms with Gasteiger partial charge in [0.25, 0.3) is 0 Å². The monoisotopic (exact) mass is 573 g/mol. The van der Waals surface area contributed by atoms with Crippen LogP contribution in [0, 0.1) is 0 Å². The van der Waals surface area contributed by atoms with Crippen LogP contribution in [0.2, 0.25) is 0 Å². The average Bonchev–Trinajstić information content (AvgIpc) is 3.00. The summed E-state index contributed by atoms with van der Waals surface area (Å²) < 4.78 is 0. The molecule has 4 fully saturated rings. The minimum absolute atomic E-state index is 0.254. The van der Waals surface area contributed by atoms with Gasteiger partial charge in [0, 0.05) is 37.3 Å². The summed E-state index contributed by atoms with van der Waals surface area (Å²) in [7, 11) is 0. The van der Waals surface area contributed by atoms with Gasteiger partial charge in [-0.15, -0.1) is 0 Å². The SMILES string of the molecule is CCCN1CCC(N)CC1.CCCNC1CCNCC1.NC1CCN(CCO)CC1.OCCNC1CCNCC1. The molecule has 0 radical (unpaired) electrons. The Morgan fingerprint density at radius 1 is 0.600 bits per heavy atom. The van der Waals surface area contributed by atoms with Gasteiger partial charge in [0.2, 0.25) is 0 Å². The minimum atomic E-state index is 0.254. The van der Waals surface area contributed by atoms with Gasteiger partial charge >= 0.3 is 0 Å². The van der Waals surface area contributed by atoms with Crippen LogP contribution in [0.4, 0.5) is 0 Å². The summed E-state index contributed by atoms with van der Waals surface area (Å²) in [6.45, 7) is 18.1. The first-order valence-electron chi connectivity index (χ1n) is 16.6. The lowest BCUT2D eigenvalue weighted by Crippen LogP contribution is -2.40. The fourth-order valence-electron chi connectivity index (χ4n) is 5.48. The van der Waals surface area contributed by atoms with Crippen molar-refractivity contribution in [1.82, 2.24) is 31.1 Å². The Hall–Kier alpha value is -0.400. The molecule has 240 valence electrons. The fraction of sp³-hybridized carbons (Fsp3) is 1.00. The van der Waals surface area contributed by atoms with Crippen LogP contribution in [0.15, 0.2) is 0 Å². The Morgan fingerprint density at radius 3 is 1.40 bits per heavy atom. The zero-order chi connectivity index (χ0) is 29.3. The third-order valence-corrected chi connectivity index (χ3v) is 8.13. The summed E-state index contributed by atoms with van der Waals surface area (Å²) >= 11 is 0. The molecule has 4 heterocycles. The van der Waals surface area contributed by atoms with Gasteiger partial charge in [-0.1, -0.05) is 13.8 Å². The first kappa shape index (κ1) is 37.6. The van der Waals surface area contributed by atoms with Crippen LogP contribution >= 0.6 is 0 Å². The fourth-order valence-corrected chi connectivity index (χ4v) is 5.48. The third kappa shape index (κ3) is 20.5. The molecular formula is C30H68N8O2. The van der Waals surface area contributed by atoms with Gasteiger partial charge in [0.15, 0.2) is 0 Å². The molecule has 0 spiro atoms. The number of likely N-dealkylation sites (tertiary alicyclic amines) is 2. The Balaban J connectivity index is 0.000000267. The molecule has 0 aromatic heterocycles. The second-order valence-corrected chi connectivity index (χ2v) is 11.8. The van der Waals surface area contributed by atoms with Crippen molar-refractivity contribution in [3.8, 4) is 0 Å². The van der Waals surface area contributed by atoms with Crippen molar-refractivity contribution in [3.63, 3.8) is 0 Å². The molecule has 4 rings (SSSR count). The molecule has 0 unspecified atom stereocenters. The number of nitrogens with two attached hydrogens (primary N) is 2. The molecule has 10 nitrogen and oxygen atoms in total. The zero-order valence-corrected chi connectivity index (χ0v) is 26.2. The molecule has 4 aliphatic heterocycles. The largest absolute Gasteiger partial charge is 0.395 e. The van der Waals surface area contributed by atoms with E-state index in [-0.39, 0.29) is 13.2 Å². The summed E-state index contributed by atoms with van der Waals surface area (Å²) in [6, 6.07) is 2.30. The van der Waals surface area contributed by atoms with Gasteiger partial charge in [-0.2, -0.15) is 0 Å². The van der Waals surface area contributed by atoms with Crippen molar-refractivity contribution in [2.24, 2.45) is 11.5 Å². The molecule has 10 N–H and O–H groups in total. The second-order valence-electron chi connectivity index (χ2n) is 11.8. The maximum Gasteiger partial charge on any atom is 0.0558 e. The van der Waals surface area contributed by atoms with Gasteiger partial charge in [-0.25, -0.2) is 0 Å². The highest BCUT2D eigenvalue weighted by atomic mass is 16.3. The predicted octanol–water partition coefficient (Wildman–Crippen LogP) is 0.280. The summed E-state index contributed by atoms with van der Waals surface area (Å²) in [5, 5.41) is 30.6. The van der Waals surface area contributed by atoms with Crippen molar-refractivity contribution in [2.45, 2.75) is 102 Å². The highest BCUT2D eigenvalue weighted by Crippen LogP contribution is 2.08. The molecule has 0 atom stereocenters. The Bertz CT molecular complexity index is 466. The summed E-state index contributed by atoms with van der Waals surface area (Å²) in [6.07, 6.45) is 12.1. The van der Waals surface area contributed by atoms with Crippen LogP contribution in [0.3, 0.4) is 0 Å². The summed E-state index contributed by atoms with van der Waals surface area (Å²) in [5.41, 5.74) is 11.5. The van der Waals surface area contributed by atoms with E-state index in [1.165, 1.54) is 90.6 Å². The van der Waals surface area contributed by atoms with Crippen molar-refractivity contribution in [2.75, 3.05) is 91.8 Å². The number of hydrogen-bond acceptors (Lipinski definition) is 10. The van der Waals surface area contributed by atoms with Crippen LogP contribution in [-0.4, -0.2) is 136 Å². The lowest BCUT2D eigenvalue weighted by molar-refractivity contribution is 0.165. The molecule has 4 saturated heterocycles. The first-order valence-corrected chi connectivity index (χ1v) is 16.6. The van der Waals surface area contributed by atoms with E-state index in [0.29, 0.717) is 18.1 Å². The zero-order valence-electron chi connectivity index (χ0n) is 26.2. The van der Waals surface area contributed by atoms with E-state index in [0.717, 1.165) is 58.2 Å². The van der Waals surface area contributed by atoms with Crippen LogP contribution in [-0.2, 0) is 0 Å².